The summed E-state index contributed by atoms with van der Waals surface area (Å²) < 4.78 is 2.45. The smallest absolute Gasteiger partial charge is 0.264 e. The van der Waals surface area contributed by atoms with Crippen molar-refractivity contribution in [1.29, 1.82) is 0 Å². The van der Waals surface area contributed by atoms with E-state index in [1.165, 1.54) is 0 Å². The van der Waals surface area contributed by atoms with Crippen LogP contribution in [0.25, 0.3) is 17.2 Å². The van der Waals surface area contributed by atoms with Crippen molar-refractivity contribution in [2.24, 2.45) is 0 Å². The molecule has 5 nitrogen and oxygen atoms in total. The van der Waals surface area contributed by atoms with Crippen LogP contribution in [0.2, 0.25) is 0 Å². The topological polar surface area (TPSA) is 63.0 Å². The lowest BCUT2D eigenvalue weighted by atomic mass is 10.4. The highest BCUT2D eigenvalue weighted by molar-refractivity contribution is 14.1. The SMILES string of the molecule is O=c1[nH]c(-c2cn3ccccc3n2)ncc1I. The van der Waals surface area contributed by atoms with E-state index in [4.69, 9.17) is 0 Å². The Morgan fingerprint density at radius 1 is 1.35 bits per heavy atom. The minimum absolute atomic E-state index is 0.146. The van der Waals surface area contributed by atoms with Crippen LogP contribution in [0.3, 0.4) is 0 Å². The van der Waals surface area contributed by atoms with E-state index in [2.05, 4.69) is 15.0 Å². The standard InChI is InChI=1S/C11H7IN4O/c12-7-5-13-10(15-11(7)17)8-6-16-4-2-1-3-9(16)14-8/h1-6H,(H,13,15,17). The molecule has 0 aromatic carbocycles. The molecule has 6 heteroatoms. The maximum absolute atomic E-state index is 11.5. The summed E-state index contributed by atoms with van der Waals surface area (Å²) >= 11 is 1.94. The first-order valence-corrected chi connectivity index (χ1v) is 6.01. The normalized spacial score (nSPS) is 10.9. The molecule has 3 rings (SSSR count). The summed E-state index contributed by atoms with van der Waals surface area (Å²) in [4.78, 5) is 22.7. The van der Waals surface area contributed by atoms with Crippen molar-refractivity contribution in [3.05, 3.63) is 50.7 Å². The number of aromatic amines is 1. The molecule has 0 aliphatic carbocycles. The van der Waals surface area contributed by atoms with Crippen LogP contribution >= 0.6 is 22.6 Å². The molecule has 0 spiro atoms. The number of hydrogen-bond acceptors (Lipinski definition) is 3. The van der Waals surface area contributed by atoms with Gasteiger partial charge in [0.05, 0.1) is 3.57 Å². The molecule has 0 unspecified atom stereocenters. The first-order chi connectivity index (χ1) is 8.24. The Kier molecular flexibility index (Phi) is 2.43. The summed E-state index contributed by atoms with van der Waals surface area (Å²) in [6, 6.07) is 5.73. The van der Waals surface area contributed by atoms with E-state index in [9.17, 15) is 4.79 Å². The third kappa shape index (κ3) is 1.84. The van der Waals surface area contributed by atoms with Gasteiger partial charge in [-0.25, -0.2) is 9.97 Å². The monoisotopic (exact) mass is 338 g/mol. The van der Waals surface area contributed by atoms with Crippen molar-refractivity contribution in [3.63, 3.8) is 0 Å². The van der Waals surface area contributed by atoms with Crippen LogP contribution in [0.5, 0.6) is 0 Å². The summed E-state index contributed by atoms with van der Waals surface area (Å²) in [5, 5.41) is 0. The average Bonchev–Trinajstić information content (AvgIpc) is 2.76. The van der Waals surface area contributed by atoms with Crippen molar-refractivity contribution in [1.82, 2.24) is 19.4 Å². The molecule has 3 aromatic heterocycles. The second-order valence-corrected chi connectivity index (χ2v) is 4.66. The number of rotatable bonds is 1. The Labute approximate surface area is 110 Å². The summed E-state index contributed by atoms with van der Waals surface area (Å²) in [6.07, 6.45) is 5.27. The van der Waals surface area contributed by atoms with Gasteiger partial charge in [-0.1, -0.05) is 6.07 Å². The second-order valence-electron chi connectivity index (χ2n) is 3.50. The zero-order valence-electron chi connectivity index (χ0n) is 8.59. The molecule has 0 fully saturated rings. The van der Waals surface area contributed by atoms with Gasteiger partial charge in [0.1, 0.15) is 11.3 Å². The van der Waals surface area contributed by atoms with Crippen LogP contribution in [0, 0.1) is 3.57 Å². The van der Waals surface area contributed by atoms with Crippen LogP contribution in [0.4, 0.5) is 0 Å². The van der Waals surface area contributed by atoms with Gasteiger partial charge in [-0.2, -0.15) is 0 Å². The Morgan fingerprint density at radius 3 is 3.00 bits per heavy atom. The molecule has 17 heavy (non-hydrogen) atoms. The number of imidazole rings is 1. The largest absolute Gasteiger partial charge is 0.306 e. The summed E-state index contributed by atoms with van der Waals surface area (Å²) in [6.45, 7) is 0. The average molecular weight is 338 g/mol. The molecule has 0 saturated carbocycles. The van der Waals surface area contributed by atoms with Crippen molar-refractivity contribution < 1.29 is 0 Å². The van der Waals surface area contributed by atoms with Gasteiger partial charge in [0, 0.05) is 18.6 Å². The summed E-state index contributed by atoms with van der Waals surface area (Å²) in [5.74, 6) is 0.485. The number of hydrogen-bond donors (Lipinski definition) is 1. The molecule has 0 atom stereocenters. The number of H-pyrrole nitrogens is 1. The molecular formula is C11H7IN4O. The fourth-order valence-electron chi connectivity index (χ4n) is 1.56. The van der Waals surface area contributed by atoms with E-state index >= 15 is 0 Å². The number of halogens is 1. The molecule has 84 valence electrons. The lowest BCUT2D eigenvalue weighted by Gasteiger charge is -1.94. The van der Waals surface area contributed by atoms with E-state index in [0.29, 0.717) is 15.1 Å². The number of nitrogens with one attached hydrogen (secondary N) is 1. The van der Waals surface area contributed by atoms with Crippen LogP contribution in [0.15, 0.2) is 41.6 Å². The lowest BCUT2D eigenvalue weighted by Crippen LogP contribution is -2.11. The zero-order valence-corrected chi connectivity index (χ0v) is 10.7. The fourth-order valence-corrected chi connectivity index (χ4v) is 1.83. The maximum atomic E-state index is 11.5. The van der Waals surface area contributed by atoms with Gasteiger partial charge in [-0.05, 0) is 34.7 Å². The first-order valence-electron chi connectivity index (χ1n) is 4.93. The molecule has 0 aliphatic heterocycles. The van der Waals surface area contributed by atoms with E-state index in [-0.39, 0.29) is 5.56 Å². The second kappa shape index (κ2) is 3.95. The van der Waals surface area contributed by atoms with Crippen molar-refractivity contribution in [2.75, 3.05) is 0 Å². The molecule has 0 saturated heterocycles. The van der Waals surface area contributed by atoms with Gasteiger partial charge in [0.2, 0.25) is 0 Å². The highest BCUT2D eigenvalue weighted by atomic mass is 127. The van der Waals surface area contributed by atoms with Crippen molar-refractivity contribution in [2.45, 2.75) is 0 Å². The highest BCUT2D eigenvalue weighted by Crippen LogP contribution is 2.13. The quantitative estimate of drug-likeness (QED) is 0.687. The van der Waals surface area contributed by atoms with Crippen molar-refractivity contribution >= 4 is 28.2 Å². The molecule has 0 bridgehead atoms. The van der Waals surface area contributed by atoms with Gasteiger partial charge in [-0.15, -0.1) is 0 Å². The molecule has 0 radical (unpaired) electrons. The van der Waals surface area contributed by atoms with E-state index in [1.807, 2.05) is 57.6 Å². The van der Waals surface area contributed by atoms with Crippen LogP contribution < -0.4 is 5.56 Å². The van der Waals surface area contributed by atoms with Crippen molar-refractivity contribution in [3.8, 4) is 11.5 Å². The summed E-state index contributed by atoms with van der Waals surface area (Å²) in [7, 11) is 0. The Hall–Kier alpha value is -1.70. The van der Waals surface area contributed by atoms with Crippen LogP contribution in [-0.4, -0.2) is 19.4 Å². The van der Waals surface area contributed by atoms with Gasteiger partial charge >= 0.3 is 0 Å². The number of aromatic nitrogens is 4. The predicted molar refractivity (Wildman–Crippen MR) is 71.8 cm³/mol. The minimum atomic E-state index is -0.146. The molecule has 3 aromatic rings. The molecule has 0 aliphatic rings. The molecular weight excluding hydrogens is 331 g/mol. The summed E-state index contributed by atoms with van der Waals surface area (Å²) in [5.41, 5.74) is 1.33. The van der Waals surface area contributed by atoms with E-state index in [0.717, 1.165) is 5.65 Å². The number of fused-ring (bicyclic) bond motifs is 1. The van der Waals surface area contributed by atoms with E-state index < -0.39 is 0 Å². The Morgan fingerprint density at radius 2 is 2.24 bits per heavy atom. The van der Waals surface area contributed by atoms with Gasteiger partial charge in [-0.3, -0.25) is 4.79 Å². The maximum Gasteiger partial charge on any atom is 0.264 e. The number of pyridine rings is 1. The minimum Gasteiger partial charge on any atom is -0.306 e. The van der Waals surface area contributed by atoms with Crippen LogP contribution in [-0.2, 0) is 0 Å². The Balaban J connectivity index is 2.20. The van der Waals surface area contributed by atoms with Gasteiger partial charge < -0.3 is 9.38 Å². The molecule has 0 amide bonds. The van der Waals surface area contributed by atoms with Crippen LogP contribution in [0.1, 0.15) is 0 Å². The molecule has 1 N–H and O–H groups in total. The number of nitrogens with zero attached hydrogens (tertiary/aromatic N) is 3. The van der Waals surface area contributed by atoms with E-state index in [1.54, 1.807) is 6.20 Å². The molecule has 3 heterocycles. The lowest BCUT2D eigenvalue weighted by molar-refractivity contribution is 1.09. The zero-order chi connectivity index (χ0) is 11.8. The van der Waals surface area contributed by atoms with Gasteiger partial charge in [0.25, 0.3) is 5.56 Å². The highest BCUT2D eigenvalue weighted by Gasteiger charge is 2.07. The first kappa shape index (κ1) is 10.5. The third-order valence-electron chi connectivity index (χ3n) is 2.36. The third-order valence-corrected chi connectivity index (χ3v) is 3.13. The Bertz CT molecular complexity index is 713. The fraction of sp³-hybridized carbons (Fsp3) is 0. The predicted octanol–water partition coefficient (Wildman–Crippen LogP) is 1.69. The van der Waals surface area contributed by atoms with Gasteiger partial charge in [0.15, 0.2) is 5.82 Å².